The number of hydrogen-bond donors (Lipinski definition) is 1. The molecule has 0 aromatic heterocycles. The van der Waals surface area contributed by atoms with Gasteiger partial charge in [0, 0.05) is 19.8 Å². The van der Waals surface area contributed by atoms with Crippen molar-refractivity contribution in [2.75, 3.05) is 25.6 Å². The van der Waals surface area contributed by atoms with Crippen LogP contribution in [0, 0.1) is 0 Å². The fourth-order valence-corrected chi connectivity index (χ4v) is 3.30. The summed E-state index contributed by atoms with van der Waals surface area (Å²) >= 11 is 4.19. The number of rotatable bonds is 15. The molecule has 0 aromatic rings. The molecule has 0 bridgehead atoms. The van der Waals surface area contributed by atoms with Crippen molar-refractivity contribution >= 4 is 22.2 Å². The number of hydrogen-bond acceptors (Lipinski definition) is 4. The molecule has 0 aliphatic heterocycles. The van der Waals surface area contributed by atoms with Crippen molar-refractivity contribution in [1.29, 1.82) is 0 Å². The van der Waals surface area contributed by atoms with Crippen molar-refractivity contribution in [3.8, 4) is 0 Å². The van der Waals surface area contributed by atoms with Crippen molar-refractivity contribution in [2.24, 2.45) is 0 Å². The van der Waals surface area contributed by atoms with Crippen LogP contribution in [0.2, 0.25) is 0 Å². The largest absolute Gasteiger partial charge is 0.484 e. The fraction of sp³-hybridized carbons (Fsp3) is 1.00. The quantitative estimate of drug-likeness (QED) is 0.247. The molecule has 0 spiro atoms. The highest BCUT2D eigenvalue weighted by atomic mass is 32.1. The monoisotopic (exact) mass is 352 g/mol. The van der Waals surface area contributed by atoms with Gasteiger partial charge in [-0.2, -0.15) is 12.6 Å². The first kappa shape index (κ1) is 24.7. The van der Waals surface area contributed by atoms with Crippen LogP contribution in [-0.2, 0) is 13.3 Å². The SMILES string of the molecule is CCCCCCCCCCCS.CCO[SiH](OCC)OCC. The topological polar surface area (TPSA) is 27.7 Å². The van der Waals surface area contributed by atoms with E-state index in [9.17, 15) is 0 Å². The first-order chi connectivity index (χ1) is 10.8. The van der Waals surface area contributed by atoms with Crippen molar-refractivity contribution in [2.45, 2.75) is 85.5 Å². The van der Waals surface area contributed by atoms with Crippen LogP contribution in [0.25, 0.3) is 0 Å². The van der Waals surface area contributed by atoms with Gasteiger partial charge in [0.25, 0.3) is 0 Å². The lowest BCUT2D eigenvalue weighted by molar-refractivity contribution is 0.107. The molecule has 0 unspecified atom stereocenters. The molecule has 5 heteroatoms. The molecule has 0 atom stereocenters. The van der Waals surface area contributed by atoms with Gasteiger partial charge >= 0.3 is 9.53 Å². The van der Waals surface area contributed by atoms with Crippen molar-refractivity contribution in [3.63, 3.8) is 0 Å². The van der Waals surface area contributed by atoms with Gasteiger partial charge < -0.3 is 13.3 Å². The number of unbranched alkanes of at least 4 members (excludes halogenated alkanes) is 8. The van der Waals surface area contributed by atoms with Gasteiger partial charge in [-0.05, 0) is 32.9 Å². The zero-order valence-corrected chi connectivity index (χ0v) is 17.5. The Balaban J connectivity index is 0. The van der Waals surface area contributed by atoms with Crippen LogP contribution in [0.15, 0.2) is 0 Å². The predicted molar refractivity (Wildman–Crippen MR) is 103 cm³/mol. The second kappa shape index (κ2) is 23.7. The maximum Gasteiger partial charge on any atom is 0.484 e. The Morgan fingerprint density at radius 1 is 0.591 bits per heavy atom. The first-order valence-corrected chi connectivity index (χ1v) is 11.3. The lowest BCUT2D eigenvalue weighted by Crippen LogP contribution is -2.27. The van der Waals surface area contributed by atoms with Crippen LogP contribution in [0.4, 0.5) is 0 Å². The minimum atomic E-state index is -1.73. The van der Waals surface area contributed by atoms with Crippen LogP contribution < -0.4 is 0 Å². The van der Waals surface area contributed by atoms with Gasteiger partial charge in [-0.3, -0.25) is 0 Å². The third-order valence-electron chi connectivity index (χ3n) is 3.17. The summed E-state index contributed by atoms with van der Waals surface area (Å²) in [7, 11) is -1.73. The average molecular weight is 353 g/mol. The Morgan fingerprint density at radius 2 is 0.955 bits per heavy atom. The summed E-state index contributed by atoms with van der Waals surface area (Å²) in [5, 5.41) is 0. The highest BCUT2D eigenvalue weighted by Crippen LogP contribution is 2.09. The van der Waals surface area contributed by atoms with Crippen LogP contribution in [0.1, 0.15) is 85.5 Å². The second-order valence-corrected chi connectivity index (χ2v) is 7.23. The normalized spacial score (nSPS) is 10.6. The van der Waals surface area contributed by atoms with E-state index < -0.39 is 9.53 Å². The molecular weight excluding hydrogens is 312 g/mol. The molecule has 0 radical (unpaired) electrons. The Bertz CT molecular complexity index is 161. The van der Waals surface area contributed by atoms with E-state index in [1.165, 1.54) is 57.8 Å². The van der Waals surface area contributed by atoms with Gasteiger partial charge in [0.2, 0.25) is 0 Å². The van der Waals surface area contributed by atoms with E-state index in [2.05, 4.69) is 19.6 Å². The summed E-state index contributed by atoms with van der Waals surface area (Å²) in [5.74, 6) is 1.07. The number of thiol groups is 1. The summed E-state index contributed by atoms with van der Waals surface area (Å²) in [6.45, 7) is 10.1. The molecular formula is C17H40O3SSi. The van der Waals surface area contributed by atoms with Gasteiger partial charge in [0.1, 0.15) is 0 Å². The highest BCUT2D eigenvalue weighted by Gasteiger charge is 2.11. The van der Waals surface area contributed by atoms with Gasteiger partial charge in [-0.15, -0.1) is 0 Å². The van der Waals surface area contributed by atoms with Gasteiger partial charge in [0.05, 0.1) is 0 Å². The summed E-state index contributed by atoms with van der Waals surface area (Å²) < 4.78 is 15.7. The molecule has 0 aromatic carbocycles. The highest BCUT2D eigenvalue weighted by molar-refractivity contribution is 7.80. The Kier molecular flexibility index (Phi) is 26.6. The predicted octanol–water partition coefficient (Wildman–Crippen LogP) is 5.26. The van der Waals surface area contributed by atoms with Gasteiger partial charge in [-0.25, -0.2) is 0 Å². The summed E-state index contributed by atoms with van der Waals surface area (Å²) in [5.41, 5.74) is 0. The molecule has 22 heavy (non-hydrogen) atoms. The van der Waals surface area contributed by atoms with Crippen LogP contribution in [-0.4, -0.2) is 35.1 Å². The van der Waals surface area contributed by atoms with Crippen molar-refractivity contribution in [3.05, 3.63) is 0 Å². The lowest BCUT2D eigenvalue weighted by Gasteiger charge is -2.12. The van der Waals surface area contributed by atoms with Crippen molar-refractivity contribution in [1.82, 2.24) is 0 Å². The van der Waals surface area contributed by atoms with E-state index in [1.807, 2.05) is 20.8 Å². The third-order valence-corrected chi connectivity index (χ3v) is 5.30. The fourth-order valence-electron chi connectivity index (χ4n) is 1.98. The smallest absolute Gasteiger partial charge is 0.376 e. The average Bonchev–Trinajstić information content (AvgIpc) is 2.51. The van der Waals surface area contributed by atoms with Gasteiger partial charge in [-0.1, -0.05) is 58.3 Å². The molecule has 0 saturated heterocycles. The van der Waals surface area contributed by atoms with E-state index >= 15 is 0 Å². The van der Waals surface area contributed by atoms with Crippen LogP contribution >= 0.6 is 12.6 Å². The summed E-state index contributed by atoms with van der Waals surface area (Å²) in [4.78, 5) is 0. The first-order valence-electron chi connectivity index (χ1n) is 9.22. The van der Waals surface area contributed by atoms with E-state index in [0.29, 0.717) is 19.8 Å². The maximum absolute atomic E-state index is 5.22. The molecule has 0 amide bonds. The Labute approximate surface area is 146 Å². The van der Waals surface area contributed by atoms with E-state index in [-0.39, 0.29) is 0 Å². The zero-order chi connectivity index (χ0) is 16.9. The molecule has 136 valence electrons. The molecule has 0 aliphatic carbocycles. The van der Waals surface area contributed by atoms with Crippen molar-refractivity contribution < 1.29 is 13.3 Å². The third kappa shape index (κ3) is 22.7. The van der Waals surface area contributed by atoms with E-state index in [1.54, 1.807) is 0 Å². The summed E-state index contributed by atoms with van der Waals surface area (Å²) in [6.07, 6.45) is 12.7. The molecule has 0 N–H and O–H groups in total. The molecule has 0 fully saturated rings. The van der Waals surface area contributed by atoms with Gasteiger partial charge in [0.15, 0.2) is 0 Å². The van der Waals surface area contributed by atoms with E-state index in [4.69, 9.17) is 13.3 Å². The Hall–Kier alpha value is 0.447. The molecule has 0 rings (SSSR count). The summed E-state index contributed by atoms with van der Waals surface area (Å²) in [6, 6.07) is 0. The molecule has 0 heterocycles. The van der Waals surface area contributed by atoms with Crippen LogP contribution in [0.3, 0.4) is 0 Å². The Morgan fingerprint density at radius 3 is 1.27 bits per heavy atom. The minimum Gasteiger partial charge on any atom is -0.376 e. The van der Waals surface area contributed by atoms with E-state index in [0.717, 1.165) is 5.75 Å². The molecule has 0 saturated carbocycles. The lowest BCUT2D eigenvalue weighted by atomic mass is 10.1. The standard InChI is InChI=1S/C11H24S.C6H16O3Si/c1-2-3-4-5-6-7-8-9-10-11-12;1-4-7-10(8-5-2)9-6-3/h12H,2-11H2,1H3;10H,4-6H2,1-3H3. The molecule has 0 aliphatic rings. The van der Waals surface area contributed by atoms with Crippen LogP contribution in [0.5, 0.6) is 0 Å². The maximum atomic E-state index is 5.22. The minimum absolute atomic E-state index is 0.677. The zero-order valence-electron chi connectivity index (χ0n) is 15.4. The molecule has 3 nitrogen and oxygen atoms in total. The second-order valence-electron chi connectivity index (χ2n) is 5.21.